The number of carbonyl (C=O) groups is 3. The lowest BCUT2D eigenvalue weighted by Gasteiger charge is -2.55. The molecule has 4 bridgehead atoms. The first-order valence-corrected chi connectivity index (χ1v) is 12.0. The van der Waals surface area contributed by atoms with E-state index in [-0.39, 0.29) is 36.8 Å². The van der Waals surface area contributed by atoms with Gasteiger partial charge >= 0.3 is 5.97 Å². The van der Waals surface area contributed by atoms with Crippen molar-refractivity contribution in [3.8, 4) is 6.07 Å². The number of likely N-dealkylation sites (N-methyl/N-ethyl adjacent to an activating group) is 1. The molecule has 5 aliphatic rings. The molecule has 2 amide bonds. The maximum absolute atomic E-state index is 12.9. The van der Waals surface area contributed by atoms with Gasteiger partial charge in [-0.3, -0.25) is 14.4 Å². The zero-order valence-corrected chi connectivity index (χ0v) is 18.7. The lowest BCUT2D eigenvalue weighted by molar-refractivity contribution is -0.154. The van der Waals surface area contributed by atoms with Gasteiger partial charge in [0.1, 0.15) is 5.54 Å². The topological polar surface area (TPSA) is 99.5 Å². The number of nitriles is 1. The molecule has 0 unspecified atom stereocenters. The highest BCUT2D eigenvalue weighted by Crippen LogP contribution is 2.60. The Morgan fingerprint density at radius 3 is 2.16 bits per heavy atom. The van der Waals surface area contributed by atoms with Gasteiger partial charge in [-0.2, -0.15) is 5.26 Å². The Labute approximate surface area is 184 Å². The number of esters is 1. The van der Waals surface area contributed by atoms with Crippen LogP contribution in [-0.4, -0.2) is 48.4 Å². The molecule has 5 saturated carbocycles. The van der Waals surface area contributed by atoms with Gasteiger partial charge in [-0.05, 0) is 69.1 Å². The summed E-state index contributed by atoms with van der Waals surface area (Å²) in [7, 11) is 1.62. The van der Waals surface area contributed by atoms with E-state index in [0.717, 1.165) is 38.5 Å². The van der Waals surface area contributed by atoms with Gasteiger partial charge in [-0.25, -0.2) is 0 Å². The second kappa shape index (κ2) is 8.80. The maximum atomic E-state index is 12.9. The third kappa shape index (κ3) is 4.44. The van der Waals surface area contributed by atoms with Crippen LogP contribution in [-0.2, 0) is 19.1 Å². The first-order chi connectivity index (χ1) is 14.9. The summed E-state index contributed by atoms with van der Waals surface area (Å²) in [6.07, 6.45) is 11.2. The number of amides is 2. The van der Waals surface area contributed by atoms with Crippen molar-refractivity contribution >= 4 is 17.8 Å². The molecule has 7 nitrogen and oxygen atoms in total. The van der Waals surface area contributed by atoms with Crippen LogP contribution < -0.4 is 5.32 Å². The van der Waals surface area contributed by atoms with E-state index in [1.807, 2.05) is 0 Å². The van der Waals surface area contributed by atoms with Crippen molar-refractivity contribution < 1.29 is 19.1 Å². The summed E-state index contributed by atoms with van der Waals surface area (Å²) in [5.74, 6) is 1.35. The molecule has 0 aromatic rings. The molecule has 0 spiro atoms. The first-order valence-electron chi connectivity index (χ1n) is 12.0. The summed E-state index contributed by atoms with van der Waals surface area (Å²) in [6.45, 7) is -0.118. The Balaban J connectivity index is 1.19. The molecule has 7 heteroatoms. The minimum atomic E-state index is -0.784. The van der Waals surface area contributed by atoms with Gasteiger partial charge in [0.15, 0.2) is 6.61 Å². The number of nitrogens with zero attached hydrogens (tertiary/aromatic N) is 2. The summed E-state index contributed by atoms with van der Waals surface area (Å²) in [6, 6.07) is 2.30. The van der Waals surface area contributed by atoms with Gasteiger partial charge < -0.3 is 15.0 Å². The van der Waals surface area contributed by atoms with Crippen LogP contribution in [0.1, 0.15) is 77.0 Å². The Morgan fingerprint density at radius 1 is 1.03 bits per heavy atom. The molecule has 5 aliphatic carbocycles. The average molecular weight is 430 g/mol. The largest absolute Gasteiger partial charge is 0.456 e. The number of hydrogen-bond acceptors (Lipinski definition) is 5. The van der Waals surface area contributed by atoms with Crippen molar-refractivity contribution in [1.82, 2.24) is 10.2 Å². The van der Waals surface area contributed by atoms with Crippen molar-refractivity contribution in [3.05, 3.63) is 0 Å². The molecule has 5 fully saturated rings. The number of rotatable bonds is 7. The molecule has 0 saturated heterocycles. The Morgan fingerprint density at radius 2 is 1.61 bits per heavy atom. The van der Waals surface area contributed by atoms with Crippen molar-refractivity contribution in [1.29, 1.82) is 5.26 Å². The van der Waals surface area contributed by atoms with Gasteiger partial charge in [0, 0.05) is 19.0 Å². The zero-order valence-electron chi connectivity index (χ0n) is 18.7. The van der Waals surface area contributed by atoms with E-state index in [2.05, 4.69) is 11.4 Å². The highest BCUT2D eigenvalue weighted by molar-refractivity contribution is 5.84. The highest BCUT2D eigenvalue weighted by atomic mass is 16.5. The van der Waals surface area contributed by atoms with E-state index in [1.54, 1.807) is 7.05 Å². The van der Waals surface area contributed by atoms with Crippen molar-refractivity contribution in [2.75, 3.05) is 20.2 Å². The Bertz CT molecular complexity index is 730. The van der Waals surface area contributed by atoms with Crippen molar-refractivity contribution in [2.45, 2.75) is 82.6 Å². The summed E-state index contributed by atoms with van der Waals surface area (Å²) in [5, 5.41) is 12.6. The van der Waals surface area contributed by atoms with Crippen LogP contribution in [0.25, 0.3) is 0 Å². The van der Waals surface area contributed by atoms with Crippen LogP contribution in [0.3, 0.4) is 0 Å². The molecule has 0 radical (unpaired) electrons. The lowest BCUT2D eigenvalue weighted by atomic mass is 9.49. The molecule has 0 aromatic carbocycles. The molecule has 170 valence electrons. The SMILES string of the molecule is CN(C(=O)COC(=O)CCNC(=O)C12CC3CC(CC(C3)C1)C2)C1(C#N)CCCCC1. The fraction of sp³-hybridized carbons (Fsp3) is 0.833. The molecule has 0 aliphatic heterocycles. The predicted octanol–water partition coefficient (Wildman–Crippen LogP) is 2.94. The van der Waals surface area contributed by atoms with E-state index in [0.29, 0.717) is 30.6 Å². The minimum absolute atomic E-state index is 0.0541. The summed E-state index contributed by atoms with van der Waals surface area (Å²) >= 11 is 0. The smallest absolute Gasteiger partial charge is 0.308 e. The number of carbonyl (C=O) groups excluding carboxylic acids is 3. The van der Waals surface area contributed by atoms with Gasteiger partial charge in [0.25, 0.3) is 5.91 Å². The number of nitrogens with one attached hydrogen (secondary N) is 1. The van der Waals surface area contributed by atoms with Crippen LogP contribution >= 0.6 is 0 Å². The van der Waals surface area contributed by atoms with Gasteiger partial charge in [-0.1, -0.05) is 19.3 Å². The lowest BCUT2D eigenvalue weighted by Crippen LogP contribution is -2.53. The molecule has 1 N–H and O–H groups in total. The van der Waals surface area contributed by atoms with Crippen LogP contribution in [0.15, 0.2) is 0 Å². The molecule has 31 heavy (non-hydrogen) atoms. The Kier molecular flexibility index (Phi) is 6.27. The van der Waals surface area contributed by atoms with Crippen molar-refractivity contribution in [2.24, 2.45) is 23.2 Å². The fourth-order valence-electron chi connectivity index (χ4n) is 7.06. The summed E-state index contributed by atoms with van der Waals surface area (Å²) < 4.78 is 5.15. The van der Waals surface area contributed by atoms with Crippen LogP contribution in [0.2, 0.25) is 0 Å². The average Bonchev–Trinajstić information content (AvgIpc) is 2.76. The van der Waals surface area contributed by atoms with Gasteiger partial charge in [0.05, 0.1) is 12.5 Å². The number of ether oxygens (including phenoxy) is 1. The fourth-order valence-corrected chi connectivity index (χ4v) is 7.06. The van der Waals surface area contributed by atoms with Gasteiger partial charge in [0.2, 0.25) is 5.91 Å². The number of hydrogen-bond donors (Lipinski definition) is 1. The van der Waals surface area contributed by atoms with E-state index in [9.17, 15) is 19.6 Å². The van der Waals surface area contributed by atoms with Crippen molar-refractivity contribution in [3.63, 3.8) is 0 Å². The second-order valence-corrected chi connectivity index (χ2v) is 10.5. The quantitative estimate of drug-likeness (QED) is 0.627. The van der Waals surface area contributed by atoms with Crippen LogP contribution in [0, 0.1) is 34.5 Å². The normalized spacial score (nSPS) is 32.7. The minimum Gasteiger partial charge on any atom is -0.456 e. The van der Waals surface area contributed by atoms with E-state index >= 15 is 0 Å². The molecular formula is C24H35N3O4. The van der Waals surface area contributed by atoms with E-state index in [4.69, 9.17) is 4.74 Å². The third-order valence-electron chi connectivity index (χ3n) is 8.40. The van der Waals surface area contributed by atoms with Crippen LogP contribution in [0.4, 0.5) is 0 Å². The molecule has 0 heterocycles. The summed E-state index contributed by atoms with van der Waals surface area (Å²) in [4.78, 5) is 39.0. The summed E-state index contributed by atoms with van der Waals surface area (Å²) in [5.41, 5.74) is -1.00. The monoisotopic (exact) mass is 429 g/mol. The molecular weight excluding hydrogens is 394 g/mol. The van der Waals surface area contributed by atoms with Gasteiger partial charge in [-0.15, -0.1) is 0 Å². The van der Waals surface area contributed by atoms with E-state index < -0.39 is 11.5 Å². The molecule has 0 aromatic heterocycles. The second-order valence-electron chi connectivity index (χ2n) is 10.5. The standard InChI is InChI=1S/C24H35N3O4/c1-27(24(16-25)6-3-2-4-7-24)20(28)15-31-21(29)5-8-26-22(30)23-12-17-9-18(13-23)11-19(10-17)14-23/h17-19H,2-15H2,1H3,(H,26,30). The van der Waals surface area contributed by atoms with Crippen LogP contribution in [0.5, 0.6) is 0 Å². The Hall–Kier alpha value is -2.10. The van der Waals surface area contributed by atoms with E-state index in [1.165, 1.54) is 24.2 Å². The maximum Gasteiger partial charge on any atom is 0.308 e. The third-order valence-corrected chi connectivity index (χ3v) is 8.40. The molecule has 5 rings (SSSR count). The zero-order chi connectivity index (χ0) is 22.1. The molecule has 0 atom stereocenters. The highest BCUT2D eigenvalue weighted by Gasteiger charge is 2.54. The predicted molar refractivity (Wildman–Crippen MR) is 113 cm³/mol. The first kappa shape index (κ1) is 22.1.